The molecule has 0 aliphatic heterocycles. The molecule has 0 spiro atoms. The lowest BCUT2D eigenvalue weighted by Crippen LogP contribution is -2.36. The number of nitrogens with two attached hydrogens (primary N) is 1. The topological polar surface area (TPSA) is 35.2 Å². The van der Waals surface area contributed by atoms with Gasteiger partial charge >= 0.3 is 0 Å². The van der Waals surface area contributed by atoms with Crippen molar-refractivity contribution < 1.29 is 4.74 Å². The Morgan fingerprint density at radius 2 is 1.92 bits per heavy atom. The quantitative estimate of drug-likeness (QED) is 0.579. The minimum atomic E-state index is -1.42. The van der Waals surface area contributed by atoms with Crippen molar-refractivity contribution in [3.05, 3.63) is 0 Å². The van der Waals surface area contributed by atoms with Crippen LogP contribution < -0.4 is 5.73 Å². The van der Waals surface area contributed by atoms with Crippen LogP contribution in [-0.4, -0.2) is 23.0 Å². The van der Waals surface area contributed by atoms with Gasteiger partial charge in [0.2, 0.25) is 3.79 Å². The molecule has 0 amide bonds. The smallest absolute Gasteiger partial charge is 0.217 e. The summed E-state index contributed by atoms with van der Waals surface area (Å²) in [6.07, 6.45) is 2.74. The third-order valence-corrected chi connectivity index (χ3v) is 2.38. The third-order valence-electron chi connectivity index (χ3n) is 1.65. The highest BCUT2D eigenvalue weighted by atomic mass is 35.6. The molecule has 0 aromatic rings. The van der Waals surface area contributed by atoms with E-state index < -0.39 is 9.90 Å². The van der Waals surface area contributed by atoms with Gasteiger partial charge in [-0.15, -0.1) is 0 Å². The molecule has 1 atom stereocenters. The molecule has 0 heterocycles. The molecule has 80 valence electrons. The summed E-state index contributed by atoms with van der Waals surface area (Å²) in [5.41, 5.74) is 5.40. The number of halogens is 3. The Kier molecular flexibility index (Phi) is 7.56. The second-order valence-corrected chi connectivity index (χ2v) is 5.21. The Hall–Kier alpha value is 0.790. The van der Waals surface area contributed by atoms with Crippen LogP contribution in [-0.2, 0) is 4.74 Å². The summed E-state index contributed by atoms with van der Waals surface area (Å²) in [7, 11) is 0. The minimum absolute atomic E-state index is 0.225. The van der Waals surface area contributed by atoms with E-state index in [1.807, 2.05) is 0 Å². The monoisotopic (exact) mass is 247 g/mol. The van der Waals surface area contributed by atoms with Gasteiger partial charge in [-0.25, -0.2) is 0 Å². The summed E-state index contributed by atoms with van der Waals surface area (Å²) in [5.74, 6) is 0. The Balaban J connectivity index is 3.61. The van der Waals surface area contributed by atoms with Crippen LogP contribution in [0.2, 0.25) is 0 Å². The lowest BCUT2D eigenvalue weighted by atomic mass is 10.3. The van der Waals surface area contributed by atoms with Crippen molar-refractivity contribution in [1.82, 2.24) is 0 Å². The van der Waals surface area contributed by atoms with Gasteiger partial charge < -0.3 is 10.5 Å². The zero-order valence-electron chi connectivity index (χ0n) is 7.73. The van der Waals surface area contributed by atoms with Gasteiger partial charge in [-0.05, 0) is 6.42 Å². The number of alkyl halides is 3. The van der Waals surface area contributed by atoms with Gasteiger partial charge in [-0.3, -0.25) is 0 Å². The Morgan fingerprint density at radius 3 is 2.31 bits per heavy atom. The molecule has 0 bridgehead atoms. The first kappa shape index (κ1) is 13.8. The molecule has 0 aromatic heterocycles. The van der Waals surface area contributed by atoms with E-state index in [1.165, 1.54) is 0 Å². The number of hydrogen-bond acceptors (Lipinski definition) is 2. The molecular formula is C8H16Cl3NO. The first-order valence-corrected chi connectivity index (χ1v) is 5.54. The number of rotatable bonds is 6. The van der Waals surface area contributed by atoms with E-state index >= 15 is 0 Å². The summed E-state index contributed by atoms with van der Waals surface area (Å²) in [4.78, 5) is 0. The van der Waals surface area contributed by atoms with E-state index in [9.17, 15) is 0 Å². The van der Waals surface area contributed by atoms with Crippen molar-refractivity contribution in [1.29, 1.82) is 0 Å². The predicted molar refractivity (Wildman–Crippen MR) is 58.6 cm³/mol. The zero-order valence-corrected chi connectivity index (χ0v) is 10.0. The van der Waals surface area contributed by atoms with Crippen molar-refractivity contribution >= 4 is 34.8 Å². The average molecular weight is 249 g/mol. The molecule has 0 unspecified atom stereocenters. The molecule has 2 N–H and O–H groups in total. The van der Waals surface area contributed by atoms with Crippen LogP contribution in [0.4, 0.5) is 0 Å². The Morgan fingerprint density at radius 1 is 1.31 bits per heavy atom. The maximum absolute atomic E-state index is 5.64. The Bertz CT molecular complexity index is 127. The van der Waals surface area contributed by atoms with Gasteiger partial charge in [0.05, 0.1) is 0 Å². The molecule has 0 aliphatic carbocycles. The maximum Gasteiger partial charge on any atom is 0.217 e. The molecule has 0 radical (unpaired) electrons. The van der Waals surface area contributed by atoms with Crippen LogP contribution in [0.15, 0.2) is 0 Å². The number of unbranched alkanes of at least 4 members (excludes halogenated alkanes) is 2. The third kappa shape index (κ3) is 6.81. The molecule has 5 heteroatoms. The second kappa shape index (κ2) is 7.13. The highest BCUT2D eigenvalue weighted by Gasteiger charge is 2.31. The summed E-state index contributed by atoms with van der Waals surface area (Å²) in [6.45, 7) is 2.95. The fraction of sp³-hybridized carbons (Fsp3) is 1.00. The zero-order chi connectivity index (χ0) is 10.3. The van der Waals surface area contributed by atoms with Gasteiger partial charge in [0.1, 0.15) is 6.10 Å². The number of ether oxygens (including phenoxy) is 1. The second-order valence-electron chi connectivity index (χ2n) is 2.84. The van der Waals surface area contributed by atoms with Crippen molar-refractivity contribution in [2.75, 3.05) is 13.2 Å². The van der Waals surface area contributed by atoms with E-state index in [-0.39, 0.29) is 6.54 Å². The summed E-state index contributed by atoms with van der Waals surface area (Å²) < 4.78 is 3.92. The van der Waals surface area contributed by atoms with Gasteiger partial charge in [-0.1, -0.05) is 54.6 Å². The van der Waals surface area contributed by atoms with E-state index in [1.54, 1.807) is 0 Å². The summed E-state index contributed by atoms with van der Waals surface area (Å²) in [6, 6.07) is 0. The standard InChI is InChI=1S/C8H16Cl3NO/c1-2-3-4-5-13-7(6-12)8(9,10)11/h7H,2-6,12H2,1H3/t7-/m0/s1. The van der Waals surface area contributed by atoms with Crippen molar-refractivity contribution in [2.24, 2.45) is 5.73 Å². The Labute approximate surface area is 94.7 Å². The van der Waals surface area contributed by atoms with Crippen LogP contribution in [0.5, 0.6) is 0 Å². The molecule has 0 aliphatic rings. The predicted octanol–water partition coefficient (Wildman–Crippen LogP) is 2.89. The van der Waals surface area contributed by atoms with Crippen LogP contribution >= 0.6 is 34.8 Å². The summed E-state index contributed by atoms with van der Waals surface area (Å²) >= 11 is 16.9. The van der Waals surface area contributed by atoms with Crippen LogP contribution in [0.25, 0.3) is 0 Å². The maximum atomic E-state index is 5.64. The summed E-state index contributed by atoms with van der Waals surface area (Å²) in [5, 5.41) is 0. The van der Waals surface area contributed by atoms with Gasteiger partial charge in [-0.2, -0.15) is 0 Å². The lowest BCUT2D eigenvalue weighted by Gasteiger charge is -2.22. The first-order valence-electron chi connectivity index (χ1n) is 4.40. The van der Waals surface area contributed by atoms with Gasteiger partial charge in [0.15, 0.2) is 0 Å². The normalized spacial score (nSPS) is 14.5. The van der Waals surface area contributed by atoms with Crippen LogP contribution in [0.3, 0.4) is 0 Å². The van der Waals surface area contributed by atoms with E-state index in [2.05, 4.69) is 6.92 Å². The molecular weight excluding hydrogens is 232 g/mol. The lowest BCUT2D eigenvalue weighted by molar-refractivity contribution is 0.0591. The minimum Gasteiger partial charge on any atom is -0.372 e. The van der Waals surface area contributed by atoms with Crippen LogP contribution in [0, 0.1) is 0 Å². The molecule has 0 aromatic carbocycles. The van der Waals surface area contributed by atoms with Crippen molar-refractivity contribution in [3.8, 4) is 0 Å². The number of hydrogen-bond donors (Lipinski definition) is 1. The fourth-order valence-corrected chi connectivity index (χ4v) is 1.33. The van der Waals surface area contributed by atoms with Crippen LogP contribution in [0.1, 0.15) is 26.2 Å². The molecule has 0 rings (SSSR count). The van der Waals surface area contributed by atoms with Crippen molar-refractivity contribution in [2.45, 2.75) is 36.1 Å². The SMILES string of the molecule is CCCCCO[C@@H](CN)C(Cl)(Cl)Cl. The van der Waals surface area contributed by atoms with E-state index in [0.717, 1.165) is 19.3 Å². The van der Waals surface area contributed by atoms with E-state index in [0.29, 0.717) is 6.61 Å². The molecule has 0 saturated carbocycles. The molecule has 0 saturated heterocycles. The highest BCUT2D eigenvalue weighted by molar-refractivity contribution is 6.68. The molecule has 2 nitrogen and oxygen atoms in total. The largest absolute Gasteiger partial charge is 0.372 e. The molecule has 0 fully saturated rings. The van der Waals surface area contributed by atoms with Crippen molar-refractivity contribution in [3.63, 3.8) is 0 Å². The van der Waals surface area contributed by atoms with Gasteiger partial charge in [0.25, 0.3) is 0 Å². The molecule has 13 heavy (non-hydrogen) atoms. The van der Waals surface area contributed by atoms with E-state index in [4.69, 9.17) is 45.3 Å². The highest BCUT2D eigenvalue weighted by Crippen LogP contribution is 2.31. The van der Waals surface area contributed by atoms with Gasteiger partial charge in [0, 0.05) is 13.2 Å². The average Bonchev–Trinajstić information content (AvgIpc) is 2.02. The first-order chi connectivity index (χ1) is 6.02. The fourth-order valence-electron chi connectivity index (χ4n) is 0.874.